The molecule has 2 aromatic rings. The fourth-order valence-electron chi connectivity index (χ4n) is 1.83. The molecule has 0 atom stereocenters. The summed E-state index contributed by atoms with van der Waals surface area (Å²) < 4.78 is 16.4. The van der Waals surface area contributed by atoms with Gasteiger partial charge in [-0.1, -0.05) is 18.2 Å². The summed E-state index contributed by atoms with van der Waals surface area (Å²) in [5.74, 6) is 0.920. The lowest BCUT2D eigenvalue weighted by atomic mass is 10.2. The van der Waals surface area contributed by atoms with E-state index < -0.39 is 0 Å². The van der Waals surface area contributed by atoms with Crippen molar-refractivity contribution in [3.8, 4) is 0 Å². The molecule has 78 valence electrons. The molecule has 0 saturated carbocycles. The molecule has 1 aliphatic rings. The van der Waals surface area contributed by atoms with Crippen LogP contribution in [-0.4, -0.2) is 19.5 Å². The number of fused-ring (bicyclic) bond motifs is 1. The van der Waals surface area contributed by atoms with Crippen LogP contribution in [0.4, 0.5) is 0 Å². The summed E-state index contributed by atoms with van der Waals surface area (Å²) in [6, 6.07) is 10.0. The van der Waals surface area contributed by atoms with Crippen molar-refractivity contribution in [3.63, 3.8) is 0 Å². The lowest BCUT2D eigenvalue weighted by Gasteiger charge is -2.05. The second kappa shape index (κ2) is 3.68. The maximum absolute atomic E-state index is 5.67. The predicted molar refractivity (Wildman–Crippen MR) is 55.6 cm³/mol. The SMILES string of the molecule is c1ccc2oc(CC3OCCO3)cc2c1. The van der Waals surface area contributed by atoms with Gasteiger partial charge in [0.25, 0.3) is 0 Å². The minimum Gasteiger partial charge on any atom is -0.461 e. The average molecular weight is 204 g/mol. The van der Waals surface area contributed by atoms with Crippen LogP contribution in [0.15, 0.2) is 34.7 Å². The monoisotopic (exact) mass is 204 g/mol. The van der Waals surface area contributed by atoms with E-state index in [9.17, 15) is 0 Å². The normalized spacial score (nSPS) is 17.6. The van der Waals surface area contributed by atoms with Crippen LogP contribution in [0.2, 0.25) is 0 Å². The lowest BCUT2D eigenvalue weighted by molar-refractivity contribution is -0.0428. The number of ether oxygens (including phenoxy) is 2. The molecule has 0 spiro atoms. The highest BCUT2D eigenvalue weighted by molar-refractivity contribution is 5.77. The first-order valence-corrected chi connectivity index (χ1v) is 5.12. The van der Waals surface area contributed by atoms with Crippen molar-refractivity contribution in [2.45, 2.75) is 12.7 Å². The van der Waals surface area contributed by atoms with E-state index in [-0.39, 0.29) is 6.29 Å². The Morgan fingerprint density at radius 3 is 2.73 bits per heavy atom. The van der Waals surface area contributed by atoms with Crippen molar-refractivity contribution in [1.82, 2.24) is 0 Å². The Morgan fingerprint density at radius 1 is 1.13 bits per heavy atom. The molecule has 0 unspecified atom stereocenters. The van der Waals surface area contributed by atoms with Gasteiger partial charge in [0.2, 0.25) is 0 Å². The zero-order valence-corrected chi connectivity index (χ0v) is 8.31. The molecule has 15 heavy (non-hydrogen) atoms. The molecule has 0 N–H and O–H groups in total. The zero-order valence-electron chi connectivity index (χ0n) is 8.31. The Labute approximate surface area is 87.6 Å². The van der Waals surface area contributed by atoms with Crippen LogP contribution in [0, 0.1) is 0 Å². The smallest absolute Gasteiger partial charge is 0.164 e. The van der Waals surface area contributed by atoms with Gasteiger partial charge in [0, 0.05) is 5.39 Å². The number of benzene rings is 1. The van der Waals surface area contributed by atoms with Gasteiger partial charge < -0.3 is 13.9 Å². The van der Waals surface area contributed by atoms with Crippen LogP contribution in [0.25, 0.3) is 11.0 Å². The molecule has 0 aliphatic carbocycles. The third kappa shape index (κ3) is 1.76. The summed E-state index contributed by atoms with van der Waals surface area (Å²) in [4.78, 5) is 0. The third-order valence-electron chi connectivity index (χ3n) is 2.54. The first-order chi connectivity index (χ1) is 7.42. The minimum atomic E-state index is -0.134. The highest BCUT2D eigenvalue weighted by Gasteiger charge is 2.18. The average Bonchev–Trinajstić information content (AvgIpc) is 2.86. The maximum atomic E-state index is 5.67. The van der Waals surface area contributed by atoms with Gasteiger partial charge in [0.15, 0.2) is 6.29 Å². The number of hydrogen-bond donors (Lipinski definition) is 0. The summed E-state index contributed by atoms with van der Waals surface area (Å²) in [6.07, 6.45) is 0.555. The Morgan fingerprint density at radius 2 is 1.93 bits per heavy atom. The van der Waals surface area contributed by atoms with E-state index in [0.717, 1.165) is 16.7 Å². The first-order valence-electron chi connectivity index (χ1n) is 5.12. The van der Waals surface area contributed by atoms with Gasteiger partial charge in [-0.2, -0.15) is 0 Å². The van der Waals surface area contributed by atoms with E-state index in [2.05, 4.69) is 0 Å². The van der Waals surface area contributed by atoms with Crippen molar-refractivity contribution in [3.05, 3.63) is 36.1 Å². The van der Waals surface area contributed by atoms with Gasteiger partial charge in [-0.15, -0.1) is 0 Å². The highest BCUT2D eigenvalue weighted by Crippen LogP contribution is 2.21. The van der Waals surface area contributed by atoms with Crippen LogP contribution in [0.1, 0.15) is 5.76 Å². The molecule has 1 saturated heterocycles. The predicted octanol–water partition coefficient (Wildman–Crippen LogP) is 2.35. The summed E-state index contributed by atoms with van der Waals surface area (Å²) in [7, 11) is 0. The largest absolute Gasteiger partial charge is 0.461 e. The molecule has 2 heterocycles. The lowest BCUT2D eigenvalue weighted by Crippen LogP contribution is -2.10. The van der Waals surface area contributed by atoms with Crippen LogP contribution < -0.4 is 0 Å². The fraction of sp³-hybridized carbons (Fsp3) is 0.333. The van der Waals surface area contributed by atoms with Gasteiger partial charge in [-0.25, -0.2) is 0 Å². The Bertz CT molecular complexity index is 422. The van der Waals surface area contributed by atoms with Gasteiger partial charge in [-0.05, 0) is 12.1 Å². The van der Waals surface area contributed by atoms with E-state index in [1.165, 1.54) is 0 Å². The van der Waals surface area contributed by atoms with Crippen LogP contribution in [0.5, 0.6) is 0 Å². The summed E-state index contributed by atoms with van der Waals surface area (Å²) in [5, 5.41) is 1.13. The number of para-hydroxylation sites is 1. The highest BCUT2D eigenvalue weighted by atomic mass is 16.7. The van der Waals surface area contributed by atoms with E-state index in [4.69, 9.17) is 13.9 Å². The standard InChI is InChI=1S/C12H12O3/c1-2-4-11-9(3-1)7-10(15-11)8-12-13-5-6-14-12/h1-4,7,12H,5-6,8H2. The second-order valence-electron chi connectivity index (χ2n) is 3.63. The van der Waals surface area contributed by atoms with Crippen molar-refractivity contribution in [2.24, 2.45) is 0 Å². The molecule has 0 bridgehead atoms. The van der Waals surface area contributed by atoms with Crippen molar-refractivity contribution in [1.29, 1.82) is 0 Å². The Balaban J connectivity index is 1.84. The van der Waals surface area contributed by atoms with Gasteiger partial charge in [0.1, 0.15) is 11.3 Å². The summed E-state index contributed by atoms with van der Waals surface area (Å²) in [5.41, 5.74) is 0.922. The molecule has 0 amide bonds. The van der Waals surface area contributed by atoms with E-state index in [0.29, 0.717) is 19.6 Å². The number of hydrogen-bond acceptors (Lipinski definition) is 3. The molecule has 3 nitrogen and oxygen atoms in total. The second-order valence-corrected chi connectivity index (χ2v) is 3.63. The molecular weight excluding hydrogens is 192 g/mol. The Hall–Kier alpha value is -1.32. The molecule has 1 aromatic heterocycles. The molecule has 0 radical (unpaired) electrons. The summed E-state index contributed by atoms with van der Waals surface area (Å²) >= 11 is 0. The Kier molecular flexibility index (Phi) is 2.19. The van der Waals surface area contributed by atoms with Crippen LogP contribution in [0.3, 0.4) is 0 Å². The molecule has 1 aliphatic heterocycles. The molecular formula is C12H12O3. The van der Waals surface area contributed by atoms with Gasteiger partial charge in [-0.3, -0.25) is 0 Å². The quantitative estimate of drug-likeness (QED) is 0.752. The van der Waals surface area contributed by atoms with E-state index in [1.54, 1.807) is 0 Å². The maximum Gasteiger partial charge on any atom is 0.164 e. The van der Waals surface area contributed by atoms with Crippen molar-refractivity contribution >= 4 is 11.0 Å². The van der Waals surface area contributed by atoms with Crippen LogP contribution in [-0.2, 0) is 15.9 Å². The first kappa shape index (κ1) is 8.95. The minimum absolute atomic E-state index is 0.134. The number of rotatable bonds is 2. The zero-order chi connectivity index (χ0) is 10.1. The van der Waals surface area contributed by atoms with Gasteiger partial charge >= 0.3 is 0 Å². The topological polar surface area (TPSA) is 31.6 Å². The molecule has 1 fully saturated rings. The fourth-order valence-corrected chi connectivity index (χ4v) is 1.83. The molecule has 3 rings (SSSR count). The summed E-state index contributed by atoms with van der Waals surface area (Å²) in [6.45, 7) is 1.37. The van der Waals surface area contributed by atoms with Crippen molar-refractivity contribution < 1.29 is 13.9 Å². The van der Waals surface area contributed by atoms with E-state index in [1.807, 2.05) is 30.3 Å². The molecule has 1 aromatic carbocycles. The van der Waals surface area contributed by atoms with Gasteiger partial charge in [0.05, 0.1) is 19.6 Å². The van der Waals surface area contributed by atoms with Crippen LogP contribution >= 0.6 is 0 Å². The molecule has 3 heteroatoms. The van der Waals surface area contributed by atoms with E-state index >= 15 is 0 Å². The van der Waals surface area contributed by atoms with Crippen molar-refractivity contribution in [2.75, 3.05) is 13.2 Å². The number of furan rings is 1. The third-order valence-corrected chi connectivity index (χ3v) is 2.54.